The van der Waals surface area contributed by atoms with Gasteiger partial charge in [0, 0.05) is 24.2 Å². The molecule has 1 aromatic heterocycles. The van der Waals surface area contributed by atoms with Gasteiger partial charge in [-0.15, -0.1) is 0 Å². The number of nitrogens with one attached hydrogen (secondary N) is 1. The molecule has 7 heteroatoms. The van der Waals surface area contributed by atoms with E-state index in [0.29, 0.717) is 23.9 Å². The number of ether oxygens (including phenoxy) is 1. The normalized spacial score (nSPS) is 16.3. The lowest BCUT2D eigenvalue weighted by atomic mass is 10.0. The predicted molar refractivity (Wildman–Crippen MR) is 109 cm³/mol. The average Bonchev–Trinajstić information content (AvgIpc) is 3.03. The largest absolute Gasteiger partial charge is 0.481 e. The van der Waals surface area contributed by atoms with Gasteiger partial charge < -0.3 is 14.6 Å². The fraction of sp³-hybridized carbons (Fsp3) is 0.333. The van der Waals surface area contributed by atoms with Gasteiger partial charge in [0.2, 0.25) is 0 Å². The monoisotopic (exact) mass is 399 g/mol. The molecule has 1 aliphatic heterocycles. The summed E-state index contributed by atoms with van der Waals surface area (Å²) in [6.07, 6.45) is 0.875. The highest BCUT2D eigenvalue weighted by atomic mass is 35.5. The second-order valence-electron chi connectivity index (χ2n) is 7.09. The summed E-state index contributed by atoms with van der Waals surface area (Å²) in [6.45, 7) is 2.94. The molecule has 6 nitrogen and oxygen atoms in total. The van der Waals surface area contributed by atoms with E-state index in [1.165, 1.54) is 0 Å². The molecule has 2 aromatic carbocycles. The van der Waals surface area contributed by atoms with Crippen LogP contribution in [0.5, 0.6) is 5.75 Å². The van der Waals surface area contributed by atoms with Crippen molar-refractivity contribution in [3.05, 3.63) is 64.0 Å². The number of hydrogen-bond acceptors (Lipinski definition) is 3. The molecular formula is C21H22ClN3O3. The van der Waals surface area contributed by atoms with Crippen LogP contribution in [0.1, 0.15) is 25.8 Å². The molecular weight excluding hydrogens is 378 g/mol. The number of aromatic nitrogens is 2. The first-order valence-electron chi connectivity index (χ1n) is 9.43. The molecule has 3 aromatic rings. The molecule has 0 bridgehead atoms. The molecule has 28 heavy (non-hydrogen) atoms. The lowest BCUT2D eigenvalue weighted by Crippen LogP contribution is -2.45. The van der Waals surface area contributed by atoms with Crippen LogP contribution in [0.4, 0.5) is 0 Å². The van der Waals surface area contributed by atoms with Crippen LogP contribution in [0.2, 0.25) is 5.02 Å². The number of H-pyrrole nitrogens is 1. The third kappa shape index (κ3) is 3.64. The Hall–Kier alpha value is -2.73. The first kappa shape index (κ1) is 18.6. The van der Waals surface area contributed by atoms with E-state index in [1.54, 1.807) is 31.2 Å². The lowest BCUT2D eigenvalue weighted by Gasteiger charge is -2.34. The van der Waals surface area contributed by atoms with Gasteiger partial charge in [0.25, 0.3) is 5.91 Å². The maximum absolute atomic E-state index is 12.8. The highest BCUT2D eigenvalue weighted by molar-refractivity contribution is 6.30. The summed E-state index contributed by atoms with van der Waals surface area (Å²) in [7, 11) is 0. The average molecular weight is 400 g/mol. The number of aromatic amines is 1. The smallest absolute Gasteiger partial charge is 0.326 e. The van der Waals surface area contributed by atoms with Crippen LogP contribution in [0.25, 0.3) is 11.0 Å². The van der Waals surface area contributed by atoms with Gasteiger partial charge in [0.05, 0.1) is 11.0 Å². The van der Waals surface area contributed by atoms with Crippen molar-refractivity contribution in [2.75, 3.05) is 13.1 Å². The second kappa shape index (κ2) is 7.72. The molecule has 1 amide bonds. The van der Waals surface area contributed by atoms with Crippen molar-refractivity contribution in [3.63, 3.8) is 0 Å². The summed E-state index contributed by atoms with van der Waals surface area (Å²) in [5, 5.41) is 0.571. The number of fused-ring (bicyclic) bond motifs is 1. The van der Waals surface area contributed by atoms with Crippen molar-refractivity contribution in [3.8, 4) is 5.75 Å². The Morgan fingerprint density at radius 2 is 1.93 bits per heavy atom. The van der Waals surface area contributed by atoms with Gasteiger partial charge in [-0.05, 0) is 50.1 Å². The van der Waals surface area contributed by atoms with Crippen molar-refractivity contribution >= 4 is 28.5 Å². The van der Waals surface area contributed by atoms with E-state index in [2.05, 4.69) is 4.98 Å². The Balaban J connectivity index is 1.41. The van der Waals surface area contributed by atoms with Crippen LogP contribution >= 0.6 is 11.6 Å². The molecule has 1 fully saturated rings. The van der Waals surface area contributed by atoms with Crippen LogP contribution in [-0.2, 0) is 4.79 Å². The van der Waals surface area contributed by atoms with Gasteiger partial charge in [-0.25, -0.2) is 4.79 Å². The lowest BCUT2D eigenvalue weighted by molar-refractivity contribution is -0.139. The van der Waals surface area contributed by atoms with E-state index in [-0.39, 0.29) is 17.6 Å². The predicted octanol–water partition coefficient (Wildman–Crippen LogP) is 3.61. The molecule has 2 heterocycles. The number of hydrogen-bond donors (Lipinski definition) is 1. The number of amides is 1. The van der Waals surface area contributed by atoms with E-state index in [4.69, 9.17) is 16.3 Å². The van der Waals surface area contributed by atoms with Gasteiger partial charge in [0.1, 0.15) is 5.75 Å². The molecule has 0 radical (unpaired) electrons. The molecule has 4 rings (SSSR count). The summed E-state index contributed by atoms with van der Waals surface area (Å²) >= 11 is 5.97. The fourth-order valence-electron chi connectivity index (χ4n) is 3.83. The van der Waals surface area contributed by atoms with E-state index in [1.807, 2.05) is 33.7 Å². The Bertz CT molecular complexity index is 1050. The molecule has 1 atom stereocenters. The quantitative estimate of drug-likeness (QED) is 0.728. The van der Waals surface area contributed by atoms with Crippen LogP contribution in [-0.4, -0.2) is 39.6 Å². The van der Waals surface area contributed by atoms with Crippen molar-refractivity contribution in [1.82, 2.24) is 14.5 Å². The summed E-state index contributed by atoms with van der Waals surface area (Å²) in [5.74, 6) is 0.526. The number of halogens is 1. The number of likely N-dealkylation sites (tertiary alicyclic amines) is 1. The van der Waals surface area contributed by atoms with Crippen molar-refractivity contribution in [2.24, 2.45) is 0 Å². The molecule has 1 saturated heterocycles. The summed E-state index contributed by atoms with van der Waals surface area (Å²) < 4.78 is 7.57. The zero-order valence-corrected chi connectivity index (χ0v) is 16.4. The van der Waals surface area contributed by atoms with Gasteiger partial charge in [0.15, 0.2) is 6.10 Å². The molecule has 146 valence electrons. The zero-order chi connectivity index (χ0) is 19.7. The van der Waals surface area contributed by atoms with Crippen molar-refractivity contribution in [1.29, 1.82) is 0 Å². The first-order chi connectivity index (χ1) is 13.5. The minimum Gasteiger partial charge on any atom is -0.481 e. The van der Waals surface area contributed by atoms with E-state index in [0.717, 1.165) is 23.9 Å². The molecule has 1 aliphatic rings. The number of carbonyl (C=O) groups is 1. The number of nitrogens with zero attached hydrogens (tertiary/aromatic N) is 2. The number of para-hydroxylation sites is 2. The Morgan fingerprint density at radius 3 is 2.68 bits per heavy atom. The molecule has 1 unspecified atom stereocenters. The Labute approximate surface area is 167 Å². The second-order valence-corrected chi connectivity index (χ2v) is 7.53. The Morgan fingerprint density at radius 1 is 1.18 bits per heavy atom. The number of imidazole rings is 1. The molecule has 0 spiro atoms. The maximum atomic E-state index is 12.8. The minimum atomic E-state index is -0.592. The van der Waals surface area contributed by atoms with Gasteiger partial charge in [-0.2, -0.15) is 0 Å². The number of rotatable bonds is 4. The fourth-order valence-corrected chi connectivity index (χ4v) is 4.01. The maximum Gasteiger partial charge on any atom is 0.326 e. The van der Waals surface area contributed by atoms with Crippen LogP contribution in [0, 0.1) is 0 Å². The number of piperidine rings is 1. The van der Waals surface area contributed by atoms with Crippen LogP contribution in [0.3, 0.4) is 0 Å². The Kier molecular flexibility index (Phi) is 5.13. The summed E-state index contributed by atoms with van der Waals surface area (Å²) in [5.41, 5.74) is 1.66. The van der Waals surface area contributed by atoms with Crippen molar-refractivity contribution in [2.45, 2.75) is 31.9 Å². The van der Waals surface area contributed by atoms with Gasteiger partial charge >= 0.3 is 5.69 Å². The van der Waals surface area contributed by atoms with E-state index < -0.39 is 6.10 Å². The van der Waals surface area contributed by atoms with Gasteiger partial charge in [-0.3, -0.25) is 9.36 Å². The van der Waals surface area contributed by atoms with E-state index in [9.17, 15) is 9.59 Å². The molecule has 0 aliphatic carbocycles. The standard InChI is InChI=1S/C21H22ClN3O3/c1-14(28-17-6-4-5-15(22)13-17)20(26)24-11-9-16(10-12-24)25-19-8-3-2-7-18(19)23-21(25)27/h2-8,13-14,16H,9-12H2,1H3,(H,23,27). The molecule has 0 saturated carbocycles. The topological polar surface area (TPSA) is 67.3 Å². The SMILES string of the molecule is CC(Oc1cccc(Cl)c1)C(=O)N1CCC(n2c(=O)[nH]c3ccccc32)CC1. The van der Waals surface area contributed by atoms with Crippen molar-refractivity contribution < 1.29 is 9.53 Å². The third-order valence-electron chi connectivity index (χ3n) is 5.22. The highest BCUT2D eigenvalue weighted by Gasteiger charge is 2.29. The van der Waals surface area contributed by atoms with E-state index >= 15 is 0 Å². The summed E-state index contributed by atoms with van der Waals surface area (Å²) in [6, 6.07) is 14.8. The van der Waals surface area contributed by atoms with Gasteiger partial charge in [-0.1, -0.05) is 29.8 Å². The third-order valence-corrected chi connectivity index (χ3v) is 5.46. The van der Waals surface area contributed by atoms with Crippen LogP contribution < -0.4 is 10.4 Å². The summed E-state index contributed by atoms with van der Waals surface area (Å²) in [4.78, 5) is 29.9. The molecule has 1 N–H and O–H groups in total. The van der Waals surface area contributed by atoms with Crippen LogP contribution in [0.15, 0.2) is 53.3 Å². The first-order valence-corrected chi connectivity index (χ1v) is 9.81. The highest BCUT2D eigenvalue weighted by Crippen LogP contribution is 2.26. The zero-order valence-electron chi connectivity index (χ0n) is 15.6. The minimum absolute atomic E-state index is 0.0512. The number of carbonyl (C=O) groups excluding carboxylic acids is 1. The number of benzene rings is 2.